The predicted octanol–water partition coefficient (Wildman–Crippen LogP) is 2.55. The van der Waals surface area contributed by atoms with Crippen molar-refractivity contribution in [2.24, 2.45) is 0 Å². The Morgan fingerprint density at radius 3 is 2.54 bits per heavy atom. The van der Waals surface area contributed by atoms with Crippen LogP contribution in [0.25, 0.3) is 0 Å². The Bertz CT molecular complexity index is 404. The van der Waals surface area contributed by atoms with Crippen molar-refractivity contribution in [3.8, 4) is 6.07 Å². The molecule has 0 aliphatic rings. The number of aryl methyl sites for hydroxylation is 1. The van der Waals surface area contributed by atoms with Gasteiger partial charge in [0, 0.05) is 0 Å². The summed E-state index contributed by atoms with van der Waals surface area (Å²) in [6.45, 7) is 3.69. The van der Waals surface area contributed by atoms with Gasteiger partial charge in [0.15, 0.2) is 0 Å². The quantitative estimate of drug-likeness (QED) is 0.644. The third kappa shape index (κ3) is 1.71. The molecule has 0 unspecified atom stereocenters. The van der Waals surface area contributed by atoms with Crippen LogP contribution < -0.4 is 0 Å². The molecule has 13 heavy (non-hydrogen) atoms. The number of benzene rings is 1. The van der Waals surface area contributed by atoms with E-state index in [2.05, 4.69) is 0 Å². The first-order valence-corrected chi connectivity index (χ1v) is 4.16. The zero-order chi connectivity index (χ0) is 10.0. The average Bonchev–Trinajstić information content (AvgIpc) is 2.09. The van der Waals surface area contributed by atoms with E-state index in [1.165, 1.54) is 0 Å². The Morgan fingerprint density at radius 1 is 1.46 bits per heavy atom. The van der Waals surface area contributed by atoms with Crippen molar-refractivity contribution in [3.63, 3.8) is 0 Å². The molecule has 2 nitrogen and oxygen atoms in total. The van der Waals surface area contributed by atoms with Gasteiger partial charge in [-0.05, 0) is 42.6 Å². The maximum Gasteiger partial charge on any atom is 0.253 e. The van der Waals surface area contributed by atoms with Crippen LogP contribution in [0.5, 0.6) is 0 Å². The Kier molecular flexibility index (Phi) is 2.69. The van der Waals surface area contributed by atoms with Crippen molar-refractivity contribution >= 4 is 16.8 Å². The summed E-state index contributed by atoms with van der Waals surface area (Å²) in [5.74, 6) is 0. The van der Waals surface area contributed by atoms with Gasteiger partial charge in [0.05, 0.1) is 11.1 Å². The molecule has 0 bridgehead atoms. The second kappa shape index (κ2) is 3.59. The topological polar surface area (TPSA) is 40.9 Å². The molecular formula is C10H8ClNO. The van der Waals surface area contributed by atoms with Gasteiger partial charge in [-0.1, -0.05) is 6.07 Å². The number of nitriles is 1. The smallest absolute Gasteiger partial charge is 0.253 e. The number of carbonyl (C=O) groups excluding carboxylic acids is 1. The molecule has 1 rings (SSSR count). The van der Waals surface area contributed by atoms with Crippen molar-refractivity contribution in [3.05, 3.63) is 34.4 Å². The highest BCUT2D eigenvalue weighted by Crippen LogP contribution is 2.18. The molecule has 0 amide bonds. The molecule has 0 spiro atoms. The zero-order valence-corrected chi connectivity index (χ0v) is 8.14. The molecule has 0 radical (unpaired) electrons. The van der Waals surface area contributed by atoms with E-state index in [1.807, 2.05) is 13.0 Å². The van der Waals surface area contributed by atoms with Crippen LogP contribution in [-0.4, -0.2) is 5.24 Å². The van der Waals surface area contributed by atoms with Gasteiger partial charge in [-0.15, -0.1) is 0 Å². The highest BCUT2D eigenvalue weighted by molar-refractivity contribution is 6.68. The number of rotatable bonds is 1. The number of nitrogens with zero attached hydrogens (tertiary/aromatic N) is 1. The van der Waals surface area contributed by atoms with Gasteiger partial charge in [-0.3, -0.25) is 4.79 Å². The molecule has 1 aromatic rings. The van der Waals surface area contributed by atoms with E-state index in [-0.39, 0.29) is 5.56 Å². The lowest BCUT2D eigenvalue weighted by Gasteiger charge is -2.04. The normalized spacial score (nSPS) is 9.38. The van der Waals surface area contributed by atoms with Gasteiger partial charge in [-0.2, -0.15) is 5.26 Å². The van der Waals surface area contributed by atoms with Crippen LogP contribution in [-0.2, 0) is 0 Å². The molecule has 0 aliphatic carbocycles. The van der Waals surface area contributed by atoms with Gasteiger partial charge in [0.2, 0.25) is 0 Å². The monoisotopic (exact) mass is 193 g/mol. The highest BCUT2D eigenvalue weighted by atomic mass is 35.5. The lowest BCUT2D eigenvalue weighted by Crippen LogP contribution is -1.98. The van der Waals surface area contributed by atoms with Gasteiger partial charge in [0.25, 0.3) is 5.24 Å². The van der Waals surface area contributed by atoms with Crippen LogP contribution in [0.1, 0.15) is 27.0 Å². The maximum absolute atomic E-state index is 10.9. The number of halogens is 1. The average molecular weight is 194 g/mol. The van der Waals surface area contributed by atoms with E-state index in [0.29, 0.717) is 5.56 Å². The molecule has 3 heteroatoms. The minimum absolute atomic E-state index is 0.285. The first-order chi connectivity index (χ1) is 6.07. The van der Waals surface area contributed by atoms with Crippen molar-refractivity contribution in [2.45, 2.75) is 13.8 Å². The van der Waals surface area contributed by atoms with E-state index in [0.717, 1.165) is 11.1 Å². The minimum atomic E-state index is -0.584. The van der Waals surface area contributed by atoms with Crippen LogP contribution in [0.4, 0.5) is 0 Å². The molecule has 0 N–H and O–H groups in total. The fraction of sp³-hybridized carbons (Fsp3) is 0.200. The third-order valence-corrected chi connectivity index (χ3v) is 2.26. The van der Waals surface area contributed by atoms with E-state index >= 15 is 0 Å². The molecule has 0 aromatic heterocycles. The molecule has 0 atom stereocenters. The lowest BCUT2D eigenvalue weighted by atomic mass is 9.99. The van der Waals surface area contributed by atoms with Crippen molar-refractivity contribution in [1.29, 1.82) is 5.26 Å². The van der Waals surface area contributed by atoms with Crippen LogP contribution in [0, 0.1) is 25.2 Å². The molecule has 1 aromatic carbocycles. The molecule has 0 heterocycles. The number of carbonyl (C=O) groups is 1. The Morgan fingerprint density at radius 2 is 2.08 bits per heavy atom. The fourth-order valence-corrected chi connectivity index (χ4v) is 1.28. The SMILES string of the molecule is Cc1ccc(C(=O)Cl)c(C#N)c1C. The van der Waals surface area contributed by atoms with E-state index in [9.17, 15) is 4.79 Å². The second-order valence-corrected chi connectivity index (χ2v) is 3.16. The van der Waals surface area contributed by atoms with Gasteiger partial charge in [-0.25, -0.2) is 0 Å². The summed E-state index contributed by atoms with van der Waals surface area (Å²) in [5, 5.41) is 8.23. The number of hydrogen-bond donors (Lipinski definition) is 0. The summed E-state index contributed by atoms with van der Waals surface area (Å²) >= 11 is 5.32. The highest BCUT2D eigenvalue weighted by Gasteiger charge is 2.11. The summed E-state index contributed by atoms with van der Waals surface area (Å²) in [6, 6.07) is 5.34. The summed E-state index contributed by atoms with van der Waals surface area (Å²) in [5.41, 5.74) is 2.46. The maximum atomic E-state index is 10.9. The van der Waals surface area contributed by atoms with Crippen LogP contribution in [0.2, 0.25) is 0 Å². The molecule has 0 saturated heterocycles. The van der Waals surface area contributed by atoms with Gasteiger partial charge >= 0.3 is 0 Å². The van der Waals surface area contributed by atoms with Crippen LogP contribution >= 0.6 is 11.6 Å². The van der Waals surface area contributed by atoms with Gasteiger partial charge in [0.1, 0.15) is 6.07 Å². The summed E-state index contributed by atoms with van der Waals surface area (Å²) in [4.78, 5) is 10.9. The predicted molar refractivity (Wildman–Crippen MR) is 50.8 cm³/mol. The lowest BCUT2D eigenvalue weighted by molar-refractivity contribution is 0.108. The fourth-order valence-electron chi connectivity index (χ4n) is 1.12. The number of hydrogen-bond acceptors (Lipinski definition) is 2. The second-order valence-electron chi connectivity index (χ2n) is 2.82. The molecule has 0 saturated carbocycles. The Labute approximate surface area is 81.7 Å². The Balaban J connectivity index is 3.50. The molecule has 0 fully saturated rings. The first kappa shape index (κ1) is 9.76. The minimum Gasteiger partial charge on any atom is -0.276 e. The van der Waals surface area contributed by atoms with Crippen LogP contribution in [0.3, 0.4) is 0 Å². The third-order valence-electron chi connectivity index (χ3n) is 2.06. The van der Waals surface area contributed by atoms with Crippen molar-refractivity contribution in [1.82, 2.24) is 0 Å². The summed E-state index contributed by atoms with van der Waals surface area (Å²) in [7, 11) is 0. The van der Waals surface area contributed by atoms with E-state index in [4.69, 9.17) is 16.9 Å². The van der Waals surface area contributed by atoms with Crippen molar-refractivity contribution < 1.29 is 4.79 Å². The zero-order valence-electron chi connectivity index (χ0n) is 7.39. The first-order valence-electron chi connectivity index (χ1n) is 3.78. The summed E-state index contributed by atoms with van der Waals surface area (Å²) < 4.78 is 0. The van der Waals surface area contributed by atoms with Crippen molar-refractivity contribution in [2.75, 3.05) is 0 Å². The van der Waals surface area contributed by atoms with E-state index < -0.39 is 5.24 Å². The van der Waals surface area contributed by atoms with E-state index in [1.54, 1.807) is 19.1 Å². The standard InChI is InChI=1S/C10H8ClNO/c1-6-3-4-8(10(11)13)9(5-12)7(6)2/h3-4H,1-2H3. The molecular weight excluding hydrogens is 186 g/mol. The molecule has 0 aliphatic heterocycles. The Hall–Kier alpha value is -1.33. The van der Waals surface area contributed by atoms with Gasteiger partial charge < -0.3 is 0 Å². The molecule has 66 valence electrons. The summed E-state index contributed by atoms with van der Waals surface area (Å²) in [6.07, 6.45) is 0. The largest absolute Gasteiger partial charge is 0.276 e. The van der Waals surface area contributed by atoms with Crippen LogP contribution in [0.15, 0.2) is 12.1 Å².